The number of carboxylic acids is 1. The maximum absolute atomic E-state index is 10.7. The Kier molecular flexibility index (Phi) is 5.76. The molecule has 1 heterocycles. The molecule has 0 aromatic heterocycles. The standard InChI is InChI=1S/C17H25NO3/c1-13(2)18(10-5-8-17(19)20)12-16-15-7-4-3-6-14(15)9-11-21-16/h3-4,6-7,13,16H,5,8-12H2,1-2H3,(H,19,20). The molecule has 1 aromatic rings. The molecule has 0 bridgehead atoms. The molecule has 1 unspecified atom stereocenters. The highest BCUT2D eigenvalue weighted by atomic mass is 16.5. The maximum atomic E-state index is 10.7. The highest BCUT2D eigenvalue weighted by Gasteiger charge is 2.23. The molecule has 0 aliphatic carbocycles. The van der Waals surface area contributed by atoms with Crippen molar-refractivity contribution in [2.24, 2.45) is 0 Å². The highest BCUT2D eigenvalue weighted by molar-refractivity contribution is 5.66. The van der Waals surface area contributed by atoms with Crippen LogP contribution in [0.25, 0.3) is 0 Å². The number of benzene rings is 1. The number of nitrogens with zero attached hydrogens (tertiary/aromatic N) is 1. The number of rotatable bonds is 7. The van der Waals surface area contributed by atoms with E-state index in [1.165, 1.54) is 11.1 Å². The Balaban J connectivity index is 1.99. The minimum atomic E-state index is -0.724. The second-order valence-electron chi connectivity index (χ2n) is 5.89. The molecule has 1 aliphatic rings. The summed E-state index contributed by atoms with van der Waals surface area (Å²) in [6.45, 7) is 6.69. The van der Waals surface area contributed by atoms with E-state index < -0.39 is 5.97 Å². The van der Waals surface area contributed by atoms with Crippen LogP contribution in [0.1, 0.15) is 43.9 Å². The summed E-state index contributed by atoms with van der Waals surface area (Å²) < 4.78 is 5.95. The Morgan fingerprint density at radius 2 is 2.19 bits per heavy atom. The van der Waals surface area contributed by atoms with Crippen molar-refractivity contribution in [1.29, 1.82) is 0 Å². The van der Waals surface area contributed by atoms with Crippen LogP contribution in [0.4, 0.5) is 0 Å². The third kappa shape index (κ3) is 4.55. The number of carboxylic acid groups (broad SMARTS) is 1. The molecule has 0 radical (unpaired) electrons. The van der Waals surface area contributed by atoms with Crippen LogP contribution in [0.15, 0.2) is 24.3 Å². The lowest BCUT2D eigenvalue weighted by Crippen LogP contribution is -2.37. The van der Waals surface area contributed by atoms with E-state index in [4.69, 9.17) is 9.84 Å². The minimum absolute atomic E-state index is 0.0992. The molecule has 4 heteroatoms. The van der Waals surface area contributed by atoms with E-state index in [1.54, 1.807) is 0 Å². The van der Waals surface area contributed by atoms with Crippen molar-refractivity contribution >= 4 is 5.97 Å². The van der Waals surface area contributed by atoms with E-state index in [-0.39, 0.29) is 12.5 Å². The average molecular weight is 291 g/mol. The van der Waals surface area contributed by atoms with Crippen LogP contribution in [-0.2, 0) is 16.0 Å². The summed E-state index contributed by atoms with van der Waals surface area (Å²) in [5, 5.41) is 8.77. The van der Waals surface area contributed by atoms with Gasteiger partial charge in [0.1, 0.15) is 0 Å². The van der Waals surface area contributed by atoms with Gasteiger partial charge >= 0.3 is 5.97 Å². The van der Waals surface area contributed by atoms with Gasteiger partial charge < -0.3 is 9.84 Å². The Bertz CT molecular complexity index is 473. The van der Waals surface area contributed by atoms with Gasteiger partial charge in [-0.2, -0.15) is 0 Å². The molecule has 0 amide bonds. The van der Waals surface area contributed by atoms with Gasteiger partial charge in [0, 0.05) is 19.0 Å². The average Bonchev–Trinajstić information content (AvgIpc) is 2.46. The first kappa shape index (κ1) is 16.0. The largest absolute Gasteiger partial charge is 0.481 e. The third-order valence-electron chi connectivity index (χ3n) is 4.06. The number of hydrogen-bond donors (Lipinski definition) is 1. The molecule has 21 heavy (non-hydrogen) atoms. The van der Waals surface area contributed by atoms with Gasteiger partial charge in [0.25, 0.3) is 0 Å². The van der Waals surface area contributed by atoms with E-state index in [9.17, 15) is 4.79 Å². The fourth-order valence-corrected chi connectivity index (χ4v) is 2.83. The van der Waals surface area contributed by atoms with Gasteiger partial charge in [0.05, 0.1) is 12.7 Å². The minimum Gasteiger partial charge on any atom is -0.481 e. The summed E-state index contributed by atoms with van der Waals surface area (Å²) in [4.78, 5) is 13.0. The summed E-state index contributed by atoms with van der Waals surface area (Å²) >= 11 is 0. The van der Waals surface area contributed by atoms with Crippen molar-refractivity contribution in [2.45, 2.75) is 45.3 Å². The van der Waals surface area contributed by atoms with Gasteiger partial charge in [-0.05, 0) is 44.4 Å². The van der Waals surface area contributed by atoms with Gasteiger partial charge in [-0.25, -0.2) is 0 Å². The number of ether oxygens (including phenoxy) is 1. The molecule has 4 nitrogen and oxygen atoms in total. The van der Waals surface area contributed by atoms with Crippen LogP contribution in [0.5, 0.6) is 0 Å². The van der Waals surface area contributed by atoms with Crippen LogP contribution in [0.2, 0.25) is 0 Å². The van der Waals surface area contributed by atoms with E-state index in [1.807, 2.05) is 0 Å². The maximum Gasteiger partial charge on any atom is 0.303 e. The Morgan fingerprint density at radius 3 is 2.90 bits per heavy atom. The Morgan fingerprint density at radius 1 is 1.43 bits per heavy atom. The van der Waals surface area contributed by atoms with E-state index in [0.29, 0.717) is 12.5 Å². The first-order chi connectivity index (χ1) is 10.1. The van der Waals surface area contributed by atoms with Crippen molar-refractivity contribution in [3.63, 3.8) is 0 Å². The summed E-state index contributed by atoms with van der Waals surface area (Å²) in [7, 11) is 0. The number of carbonyl (C=O) groups is 1. The molecule has 1 aromatic carbocycles. The zero-order valence-electron chi connectivity index (χ0n) is 12.9. The predicted octanol–water partition coefficient (Wildman–Crippen LogP) is 2.88. The molecule has 0 spiro atoms. The second-order valence-corrected chi connectivity index (χ2v) is 5.89. The summed E-state index contributed by atoms with van der Waals surface area (Å²) in [6, 6.07) is 8.85. The van der Waals surface area contributed by atoms with Crippen molar-refractivity contribution in [3.05, 3.63) is 35.4 Å². The van der Waals surface area contributed by atoms with Gasteiger partial charge in [-0.15, -0.1) is 0 Å². The molecule has 0 saturated carbocycles. The summed E-state index contributed by atoms with van der Waals surface area (Å²) in [5.41, 5.74) is 2.66. The number of fused-ring (bicyclic) bond motifs is 1. The van der Waals surface area contributed by atoms with Crippen LogP contribution >= 0.6 is 0 Å². The number of hydrogen-bond acceptors (Lipinski definition) is 3. The molecule has 1 N–H and O–H groups in total. The SMILES string of the molecule is CC(C)N(CCCC(=O)O)CC1OCCc2ccccc21. The van der Waals surface area contributed by atoms with Gasteiger partial charge in [-0.1, -0.05) is 24.3 Å². The zero-order valence-corrected chi connectivity index (χ0v) is 12.9. The fraction of sp³-hybridized carbons (Fsp3) is 0.588. The van der Waals surface area contributed by atoms with Crippen molar-refractivity contribution in [2.75, 3.05) is 19.7 Å². The summed E-state index contributed by atoms with van der Waals surface area (Å²) in [6.07, 6.45) is 1.99. The molecular weight excluding hydrogens is 266 g/mol. The van der Waals surface area contributed by atoms with Crippen LogP contribution in [0.3, 0.4) is 0 Å². The summed E-state index contributed by atoms with van der Waals surface area (Å²) in [5.74, 6) is -0.724. The van der Waals surface area contributed by atoms with E-state index >= 15 is 0 Å². The van der Waals surface area contributed by atoms with Crippen LogP contribution in [-0.4, -0.2) is 41.7 Å². The molecule has 116 valence electrons. The van der Waals surface area contributed by atoms with Gasteiger partial charge in [0.15, 0.2) is 0 Å². The fourth-order valence-electron chi connectivity index (χ4n) is 2.83. The van der Waals surface area contributed by atoms with Gasteiger partial charge in [-0.3, -0.25) is 9.69 Å². The van der Waals surface area contributed by atoms with Crippen LogP contribution < -0.4 is 0 Å². The van der Waals surface area contributed by atoms with E-state index in [0.717, 1.165) is 26.1 Å². The quantitative estimate of drug-likeness (QED) is 0.839. The predicted molar refractivity (Wildman–Crippen MR) is 82.4 cm³/mol. The Labute approximate surface area is 126 Å². The normalized spacial score (nSPS) is 18.0. The van der Waals surface area contributed by atoms with Crippen molar-refractivity contribution in [3.8, 4) is 0 Å². The third-order valence-corrected chi connectivity index (χ3v) is 4.06. The molecular formula is C17H25NO3. The first-order valence-electron chi connectivity index (χ1n) is 7.73. The van der Waals surface area contributed by atoms with E-state index in [2.05, 4.69) is 43.0 Å². The lowest BCUT2D eigenvalue weighted by molar-refractivity contribution is -0.137. The van der Waals surface area contributed by atoms with Crippen molar-refractivity contribution < 1.29 is 14.6 Å². The first-order valence-corrected chi connectivity index (χ1v) is 7.73. The second kappa shape index (κ2) is 7.57. The van der Waals surface area contributed by atoms with Gasteiger partial charge in [0.2, 0.25) is 0 Å². The lowest BCUT2D eigenvalue weighted by Gasteiger charge is -2.33. The molecule has 1 aliphatic heterocycles. The zero-order chi connectivity index (χ0) is 15.2. The van der Waals surface area contributed by atoms with Crippen LogP contribution in [0, 0.1) is 0 Å². The molecule has 0 fully saturated rings. The smallest absolute Gasteiger partial charge is 0.303 e. The number of aliphatic carboxylic acids is 1. The molecule has 0 saturated heterocycles. The highest BCUT2D eigenvalue weighted by Crippen LogP contribution is 2.28. The Hall–Kier alpha value is -1.39. The molecule has 1 atom stereocenters. The van der Waals surface area contributed by atoms with Crippen molar-refractivity contribution in [1.82, 2.24) is 4.90 Å². The monoisotopic (exact) mass is 291 g/mol. The lowest BCUT2D eigenvalue weighted by atomic mass is 9.97. The topological polar surface area (TPSA) is 49.8 Å². The molecule has 2 rings (SSSR count).